The van der Waals surface area contributed by atoms with E-state index < -0.39 is 11.7 Å². The Kier molecular flexibility index (Phi) is 4.84. The molecule has 0 saturated carbocycles. The van der Waals surface area contributed by atoms with E-state index in [0.29, 0.717) is 28.4 Å². The number of amides is 1. The summed E-state index contributed by atoms with van der Waals surface area (Å²) in [6.07, 6.45) is 0. The third-order valence-corrected chi connectivity index (χ3v) is 4.05. The van der Waals surface area contributed by atoms with E-state index in [1.165, 1.54) is 7.11 Å². The SMILES string of the molecule is COc1cccc(NC(=O)C(=O)c2c(C)nn(-c3ccccc3)c2C)c1. The van der Waals surface area contributed by atoms with Crippen LogP contribution in [0.1, 0.15) is 21.7 Å². The highest BCUT2D eigenvalue weighted by Gasteiger charge is 2.25. The average Bonchev–Trinajstić information content (AvgIpc) is 2.96. The molecular weight excluding hydrogens is 330 g/mol. The number of rotatable bonds is 5. The molecule has 0 unspecified atom stereocenters. The number of anilines is 1. The lowest BCUT2D eigenvalue weighted by Gasteiger charge is -2.07. The summed E-state index contributed by atoms with van der Waals surface area (Å²) in [5.41, 5.74) is 2.78. The van der Waals surface area contributed by atoms with Gasteiger partial charge < -0.3 is 10.1 Å². The number of aromatic nitrogens is 2. The van der Waals surface area contributed by atoms with E-state index in [0.717, 1.165) is 5.69 Å². The van der Waals surface area contributed by atoms with Crippen molar-refractivity contribution in [2.75, 3.05) is 12.4 Å². The Hall–Kier alpha value is -3.41. The number of carbonyl (C=O) groups is 2. The van der Waals surface area contributed by atoms with Crippen molar-refractivity contribution in [3.63, 3.8) is 0 Å². The first kappa shape index (κ1) is 17.4. The van der Waals surface area contributed by atoms with Gasteiger partial charge in [-0.25, -0.2) is 4.68 Å². The number of nitrogens with one attached hydrogen (secondary N) is 1. The van der Waals surface area contributed by atoms with Crippen LogP contribution in [0.5, 0.6) is 5.75 Å². The van der Waals surface area contributed by atoms with E-state index in [9.17, 15) is 9.59 Å². The second-order valence-corrected chi connectivity index (χ2v) is 5.81. The molecule has 1 aromatic heterocycles. The molecular formula is C20H19N3O3. The Balaban J connectivity index is 1.88. The quantitative estimate of drug-likeness (QED) is 0.566. The fraction of sp³-hybridized carbons (Fsp3) is 0.150. The number of para-hydroxylation sites is 1. The van der Waals surface area contributed by atoms with Crippen LogP contribution in [0.3, 0.4) is 0 Å². The maximum absolute atomic E-state index is 12.7. The molecule has 6 heteroatoms. The number of Topliss-reactive ketones (excluding diaryl/α,β-unsaturated/α-hetero) is 1. The van der Waals surface area contributed by atoms with Gasteiger partial charge in [0.2, 0.25) is 0 Å². The number of nitrogens with zero attached hydrogens (tertiary/aromatic N) is 2. The molecule has 26 heavy (non-hydrogen) atoms. The maximum atomic E-state index is 12.7. The Labute approximate surface area is 151 Å². The lowest BCUT2D eigenvalue weighted by molar-refractivity contribution is -0.112. The second-order valence-electron chi connectivity index (χ2n) is 5.81. The molecule has 1 amide bonds. The zero-order valence-corrected chi connectivity index (χ0v) is 14.8. The van der Waals surface area contributed by atoms with Gasteiger partial charge in [0.05, 0.1) is 29.7 Å². The highest BCUT2D eigenvalue weighted by molar-refractivity contribution is 6.47. The van der Waals surface area contributed by atoms with Crippen LogP contribution in [0.4, 0.5) is 5.69 Å². The van der Waals surface area contributed by atoms with Crippen LogP contribution in [0.15, 0.2) is 54.6 Å². The molecule has 1 heterocycles. The van der Waals surface area contributed by atoms with E-state index in [1.54, 1.807) is 42.8 Å². The predicted octanol–water partition coefficient (Wildman–Crippen LogP) is 3.32. The fourth-order valence-corrected chi connectivity index (χ4v) is 2.79. The van der Waals surface area contributed by atoms with Gasteiger partial charge in [-0.3, -0.25) is 9.59 Å². The third kappa shape index (κ3) is 3.35. The normalized spacial score (nSPS) is 10.4. The lowest BCUT2D eigenvalue weighted by Crippen LogP contribution is -2.24. The Bertz CT molecular complexity index is 962. The number of ketones is 1. The van der Waals surface area contributed by atoms with Gasteiger partial charge in [0, 0.05) is 11.8 Å². The van der Waals surface area contributed by atoms with Gasteiger partial charge in [-0.1, -0.05) is 24.3 Å². The van der Waals surface area contributed by atoms with Crippen LogP contribution < -0.4 is 10.1 Å². The van der Waals surface area contributed by atoms with Gasteiger partial charge in [0.1, 0.15) is 5.75 Å². The smallest absolute Gasteiger partial charge is 0.296 e. The number of hydrogen-bond donors (Lipinski definition) is 1. The zero-order chi connectivity index (χ0) is 18.7. The standard InChI is InChI=1S/C20H19N3O3/c1-13-18(14(2)23(22-13)16-9-5-4-6-10-16)19(24)20(25)21-15-8-7-11-17(12-15)26-3/h4-12H,1-3H3,(H,21,25). The molecule has 0 aliphatic rings. The van der Waals surface area contributed by atoms with Crippen LogP contribution in [0.2, 0.25) is 0 Å². The zero-order valence-electron chi connectivity index (χ0n) is 14.8. The summed E-state index contributed by atoms with van der Waals surface area (Å²) in [7, 11) is 1.54. The summed E-state index contributed by atoms with van der Waals surface area (Å²) in [6, 6.07) is 16.3. The Morgan fingerprint density at radius 1 is 1.04 bits per heavy atom. The van der Waals surface area contributed by atoms with Gasteiger partial charge in [0.25, 0.3) is 11.7 Å². The molecule has 1 N–H and O–H groups in total. The van der Waals surface area contributed by atoms with Crippen molar-refractivity contribution in [1.82, 2.24) is 9.78 Å². The van der Waals surface area contributed by atoms with Crippen LogP contribution in [0.25, 0.3) is 5.69 Å². The van der Waals surface area contributed by atoms with Crippen molar-refractivity contribution < 1.29 is 14.3 Å². The average molecular weight is 349 g/mol. The molecule has 0 saturated heterocycles. The van der Waals surface area contributed by atoms with Crippen LogP contribution in [-0.2, 0) is 4.79 Å². The van der Waals surface area contributed by atoms with Crippen molar-refractivity contribution >= 4 is 17.4 Å². The van der Waals surface area contributed by atoms with Crippen molar-refractivity contribution in [1.29, 1.82) is 0 Å². The first-order valence-corrected chi connectivity index (χ1v) is 8.12. The number of carbonyl (C=O) groups excluding carboxylic acids is 2. The molecule has 0 atom stereocenters. The highest BCUT2D eigenvalue weighted by Crippen LogP contribution is 2.20. The molecule has 132 valence electrons. The minimum atomic E-state index is -0.711. The Morgan fingerprint density at radius 3 is 2.46 bits per heavy atom. The first-order valence-electron chi connectivity index (χ1n) is 8.12. The number of methoxy groups -OCH3 is 1. The maximum Gasteiger partial charge on any atom is 0.296 e. The van der Waals surface area contributed by atoms with Gasteiger partial charge in [0.15, 0.2) is 0 Å². The second kappa shape index (κ2) is 7.23. The van der Waals surface area contributed by atoms with Gasteiger partial charge >= 0.3 is 0 Å². The minimum Gasteiger partial charge on any atom is -0.497 e. The van der Waals surface area contributed by atoms with E-state index in [-0.39, 0.29) is 0 Å². The molecule has 6 nitrogen and oxygen atoms in total. The number of hydrogen-bond acceptors (Lipinski definition) is 4. The summed E-state index contributed by atoms with van der Waals surface area (Å²) >= 11 is 0. The van der Waals surface area contributed by atoms with Crippen molar-refractivity contribution in [3.8, 4) is 11.4 Å². The van der Waals surface area contributed by atoms with E-state index in [4.69, 9.17) is 4.74 Å². The van der Waals surface area contributed by atoms with Crippen molar-refractivity contribution in [2.45, 2.75) is 13.8 Å². The molecule has 0 fully saturated rings. The van der Waals surface area contributed by atoms with E-state index in [2.05, 4.69) is 10.4 Å². The van der Waals surface area contributed by atoms with Crippen LogP contribution >= 0.6 is 0 Å². The summed E-state index contributed by atoms with van der Waals surface area (Å²) in [6.45, 7) is 3.50. The summed E-state index contributed by atoms with van der Waals surface area (Å²) in [5.74, 6) is -0.735. The molecule has 0 aliphatic carbocycles. The van der Waals surface area contributed by atoms with Crippen molar-refractivity contribution in [3.05, 3.63) is 71.5 Å². The summed E-state index contributed by atoms with van der Waals surface area (Å²) in [4.78, 5) is 25.1. The number of benzene rings is 2. The number of ether oxygens (including phenoxy) is 1. The van der Waals surface area contributed by atoms with E-state index in [1.807, 2.05) is 30.3 Å². The molecule has 0 bridgehead atoms. The Morgan fingerprint density at radius 2 is 1.77 bits per heavy atom. The molecule has 3 aromatic rings. The molecule has 3 rings (SSSR count). The van der Waals surface area contributed by atoms with Gasteiger partial charge in [-0.05, 0) is 38.1 Å². The minimum absolute atomic E-state index is 0.314. The van der Waals surface area contributed by atoms with Gasteiger partial charge in [-0.15, -0.1) is 0 Å². The first-order chi connectivity index (χ1) is 12.5. The van der Waals surface area contributed by atoms with Gasteiger partial charge in [-0.2, -0.15) is 5.10 Å². The fourth-order valence-electron chi connectivity index (χ4n) is 2.79. The molecule has 0 spiro atoms. The monoisotopic (exact) mass is 349 g/mol. The molecule has 0 radical (unpaired) electrons. The highest BCUT2D eigenvalue weighted by atomic mass is 16.5. The third-order valence-electron chi connectivity index (χ3n) is 4.05. The molecule has 0 aliphatic heterocycles. The van der Waals surface area contributed by atoms with Crippen LogP contribution in [0, 0.1) is 13.8 Å². The number of aryl methyl sites for hydroxylation is 1. The predicted molar refractivity (Wildman–Crippen MR) is 99.0 cm³/mol. The largest absolute Gasteiger partial charge is 0.497 e. The lowest BCUT2D eigenvalue weighted by atomic mass is 10.1. The topological polar surface area (TPSA) is 73.2 Å². The van der Waals surface area contributed by atoms with E-state index >= 15 is 0 Å². The van der Waals surface area contributed by atoms with Crippen molar-refractivity contribution in [2.24, 2.45) is 0 Å². The summed E-state index contributed by atoms with van der Waals surface area (Å²) < 4.78 is 6.79. The summed E-state index contributed by atoms with van der Waals surface area (Å²) in [5, 5.41) is 7.03. The van der Waals surface area contributed by atoms with Crippen LogP contribution in [-0.4, -0.2) is 28.6 Å². The molecule has 2 aromatic carbocycles.